The van der Waals surface area contributed by atoms with E-state index in [1.807, 2.05) is 34.6 Å². The lowest BCUT2D eigenvalue weighted by molar-refractivity contribution is 0.684. The van der Waals surface area contributed by atoms with Crippen LogP contribution in [0.5, 0.6) is 0 Å². The summed E-state index contributed by atoms with van der Waals surface area (Å²) in [6.07, 6.45) is 4.86. The van der Waals surface area contributed by atoms with E-state index in [1.165, 1.54) is 11.1 Å². The molecule has 0 unspecified atom stereocenters. The molecule has 3 rings (SSSR count). The van der Waals surface area contributed by atoms with Gasteiger partial charge in [-0.2, -0.15) is 5.10 Å². The number of rotatable bonds is 5. The van der Waals surface area contributed by atoms with E-state index in [1.54, 1.807) is 11.3 Å². The number of fused-ring (bicyclic) bond motifs is 1. The zero-order valence-electron chi connectivity index (χ0n) is 9.91. The zero-order chi connectivity index (χ0) is 12.2. The molecule has 4 nitrogen and oxygen atoms in total. The predicted molar refractivity (Wildman–Crippen MR) is 72.7 cm³/mol. The second kappa shape index (κ2) is 5.29. The number of aromatic nitrogens is 3. The lowest BCUT2D eigenvalue weighted by Gasteiger charge is -2.02. The van der Waals surface area contributed by atoms with Gasteiger partial charge in [-0.15, -0.1) is 11.3 Å². The van der Waals surface area contributed by atoms with Gasteiger partial charge in [0.2, 0.25) is 0 Å². The maximum atomic E-state index is 4.31. The zero-order valence-corrected chi connectivity index (χ0v) is 10.7. The average molecular weight is 258 g/mol. The average Bonchev–Trinajstić information content (AvgIpc) is 3.04. The lowest BCUT2D eigenvalue weighted by Crippen LogP contribution is -2.16. The third-order valence-electron chi connectivity index (χ3n) is 2.86. The molecule has 92 valence electrons. The van der Waals surface area contributed by atoms with Crippen LogP contribution in [0.15, 0.2) is 41.5 Å². The summed E-state index contributed by atoms with van der Waals surface area (Å²) in [5.74, 6) is 0. The van der Waals surface area contributed by atoms with Crippen LogP contribution in [0.25, 0.3) is 5.52 Å². The Bertz CT molecular complexity index is 615. The Kier molecular flexibility index (Phi) is 3.34. The summed E-state index contributed by atoms with van der Waals surface area (Å²) in [4.78, 5) is 4.26. The van der Waals surface area contributed by atoms with Crippen LogP contribution in [0.2, 0.25) is 0 Å². The first kappa shape index (κ1) is 11.4. The number of thiazole rings is 1. The van der Waals surface area contributed by atoms with E-state index in [0.717, 1.165) is 25.2 Å². The molecular formula is C13H14N4S. The summed E-state index contributed by atoms with van der Waals surface area (Å²) in [5, 5.41) is 9.84. The third kappa shape index (κ3) is 2.42. The second-order valence-corrected chi connectivity index (χ2v) is 4.83. The standard InChI is InChI=1S/C13H14N4S/c1-2-6-17-13(3-1)11(8-16-17)7-14-5-4-12-9-18-10-15-12/h1-3,6,8-10,14H,4-5,7H2. The minimum atomic E-state index is 0.845. The minimum Gasteiger partial charge on any atom is -0.312 e. The van der Waals surface area contributed by atoms with Crippen LogP contribution in [0, 0.1) is 0 Å². The number of hydrogen-bond donors (Lipinski definition) is 1. The molecule has 0 aliphatic rings. The Labute approximate surface area is 109 Å². The van der Waals surface area contributed by atoms with Crippen molar-refractivity contribution in [3.63, 3.8) is 0 Å². The summed E-state index contributed by atoms with van der Waals surface area (Å²) in [5.41, 5.74) is 5.43. The SMILES string of the molecule is c1ccn2ncc(CNCCc3cscn3)c2c1. The van der Waals surface area contributed by atoms with Crippen LogP contribution >= 0.6 is 11.3 Å². The van der Waals surface area contributed by atoms with Gasteiger partial charge in [0.1, 0.15) is 0 Å². The Hall–Kier alpha value is -1.72. The number of hydrogen-bond acceptors (Lipinski definition) is 4. The van der Waals surface area contributed by atoms with Crippen LogP contribution < -0.4 is 5.32 Å². The van der Waals surface area contributed by atoms with Crippen molar-refractivity contribution in [3.05, 3.63) is 52.7 Å². The molecule has 18 heavy (non-hydrogen) atoms. The van der Waals surface area contributed by atoms with E-state index >= 15 is 0 Å². The van der Waals surface area contributed by atoms with Gasteiger partial charge in [0.15, 0.2) is 0 Å². The maximum absolute atomic E-state index is 4.31. The monoisotopic (exact) mass is 258 g/mol. The molecule has 1 N–H and O–H groups in total. The van der Waals surface area contributed by atoms with Gasteiger partial charge in [0.05, 0.1) is 22.9 Å². The van der Waals surface area contributed by atoms with Crippen molar-refractivity contribution >= 4 is 16.9 Å². The molecule has 0 amide bonds. The fourth-order valence-corrected chi connectivity index (χ4v) is 2.52. The van der Waals surface area contributed by atoms with E-state index in [0.29, 0.717) is 0 Å². The molecule has 0 fully saturated rings. The third-order valence-corrected chi connectivity index (χ3v) is 3.50. The predicted octanol–water partition coefficient (Wildman–Crippen LogP) is 2.12. The Balaban J connectivity index is 1.57. The number of pyridine rings is 1. The van der Waals surface area contributed by atoms with Crippen molar-refractivity contribution in [1.82, 2.24) is 19.9 Å². The largest absolute Gasteiger partial charge is 0.312 e. The van der Waals surface area contributed by atoms with Gasteiger partial charge in [-0.3, -0.25) is 0 Å². The molecule has 0 atom stereocenters. The van der Waals surface area contributed by atoms with E-state index in [4.69, 9.17) is 0 Å². The van der Waals surface area contributed by atoms with Crippen molar-refractivity contribution in [1.29, 1.82) is 0 Å². The van der Waals surface area contributed by atoms with Crippen LogP contribution in [0.1, 0.15) is 11.3 Å². The first-order chi connectivity index (χ1) is 8.93. The van der Waals surface area contributed by atoms with Gasteiger partial charge in [0.25, 0.3) is 0 Å². The molecule has 0 spiro atoms. The molecule has 0 aromatic carbocycles. The molecule has 3 aromatic rings. The quantitative estimate of drug-likeness (QED) is 0.713. The first-order valence-corrected chi connectivity index (χ1v) is 6.87. The maximum Gasteiger partial charge on any atom is 0.0794 e. The van der Waals surface area contributed by atoms with Crippen molar-refractivity contribution in [2.24, 2.45) is 0 Å². The van der Waals surface area contributed by atoms with Crippen LogP contribution in [0.4, 0.5) is 0 Å². The van der Waals surface area contributed by atoms with E-state index < -0.39 is 0 Å². The smallest absolute Gasteiger partial charge is 0.0794 e. The molecule has 0 radical (unpaired) electrons. The highest BCUT2D eigenvalue weighted by Crippen LogP contribution is 2.09. The van der Waals surface area contributed by atoms with Crippen molar-refractivity contribution in [2.45, 2.75) is 13.0 Å². The normalized spacial score (nSPS) is 11.1. The van der Waals surface area contributed by atoms with E-state index in [-0.39, 0.29) is 0 Å². The van der Waals surface area contributed by atoms with Gasteiger partial charge in [-0.25, -0.2) is 9.50 Å². The second-order valence-electron chi connectivity index (χ2n) is 4.11. The van der Waals surface area contributed by atoms with Gasteiger partial charge in [-0.05, 0) is 12.1 Å². The van der Waals surface area contributed by atoms with Gasteiger partial charge in [0, 0.05) is 36.7 Å². The topological polar surface area (TPSA) is 42.2 Å². The fraction of sp³-hybridized carbons (Fsp3) is 0.231. The Morgan fingerprint density at radius 1 is 1.33 bits per heavy atom. The Morgan fingerprint density at radius 2 is 2.33 bits per heavy atom. The summed E-state index contributed by atoms with van der Waals surface area (Å²) in [6, 6.07) is 6.11. The number of nitrogens with zero attached hydrogens (tertiary/aromatic N) is 3. The lowest BCUT2D eigenvalue weighted by atomic mass is 10.2. The molecule has 0 saturated carbocycles. The molecule has 0 aliphatic carbocycles. The summed E-state index contributed by atoms with van der Waals surface area (Å²) < 4.78 is 1.90. The highest BCUT2D eigenvalue weighted by molar-refractivity contribution is 7.07. The van der Waals surface area contributed by atoms with E-state index in [2.05, 4.69) is 26.8 Å². The van der Waals surface area contributed by atoms with Crippen molar-refractivity contribution < 1.29 is 0 Å². The number of nitrogens with one attached hydrogen (secondary N) is 1. The highest BCUT2D eigenvalue weighted by Gasteiger charge is 2.02. The van der Waals surface area contributed by atoms with Crippen molar-refractivity contribution in [2.75, 3.05) is 6.54 Å². The Morgan fingerprint density at radius 3 is 3.22 bits per heavy atom. The van der Waals surface area contributed by atoms with Crippen LogP contribution in [-0.2, 0) is 13.0 Å². The highest BCUT2D eigenvalue weighted by atomic mass is 32.1. The fourth-order valence-electron chi connectivity index (χ4n) is 1.92. The molecule has 0 bridgehead atoms. The first-order valence-electron chi connectivity index (χ1n) is 5.92. The molecule has 5 heteroatoms. The summed E-state index contributed by atoms with van der Waals surface area (Å²) >= 11 is 1.65. The van der Waals surface area contributed by atoms with Gasteiger partial charge in [-0.1, -0.05) is 6.07 Å². The summed E-state index contributed by atoms with van der Waals surface area (Å²) in [7, 11) is 0. The molecule has 3 aromatic heterocycles. The van der Waals surface area contributed by atoms with Crippen molar-refractivity contribution in [3.8, 4) is 0 Å². The minimum absolute atomic E-state index is 0.845. The molecular weight excluding hydrogens is 244 g/mol. The van der Waals surface area contributed by atoms with Gasteiger partial charge < -0.3 is 5.32 Å². The molecule has 3 heterocycles. The molecule has 0 saturated heterocycles. The molecule has 0 aliphatic heterocycles. The van der Waals surface area contributed by atoms with Gasteiger partial charge >= 0.3 is 0 Å². The van der Waals surface area contributed by atoms with Crippen LogP contribution in [0.3, 0.4) is 0 Å². The van der Waals surface area contributed by atoms with E-state index in [9.17, 15) is 0 Å². The summed E-state index contributed by atoms with van der Waals surface area (Å²) in [6.45, 7) is 1.78. The van der Waals surface area contributed by atoms with Crippen LogP contribution in [-0.4, -0.2) is 21.1 Å².